The van der Waals surface area contributed by atoms with Gasteiger partial charge >= 0.3 is 0 Å². The van der Waals surface area contributed by atoms with Crippen LogP contribution >= 0.6 is 0 Å². The summed E-state index contributed by atoms with van der Waals surface area (Å²) in [5.41, 5.74) is 3.21. The van der Waals surface area contributed by atoms with Crippen LogP contribution in [0.25, 0.3) is 0 Å². The van der Waals surface area contributed by atoms with Crippen LogP contribution in [0.1, 0.15) is 24.0 Å². The van der Waals surface area contributed by atoms with Gasteiger partial charge in [0.15, 0.2) is 11.6 Å². The third-order valence-electron chi connectivity index (χ3n) is 5.17. The molecule has 29 heavy (non-hydrogen) atoms. The molecule has 7 heteroatoms. The highest BCUT2D eigenvalue weighted by atomic mass is 19.2. The number of amides is 2. The molecule has 1 fully saturated rings. The van der Waals surface area contributed by atoms with Crippen molar-refractivity contribution in [2.45, 2.75) is 26.7 Å². The number of carbonyl (C=O) groups excluding carboxylic acids is 2. The van der Waals surface area contributed by atoms with E-state index in [0.717, 1.165) is 28.9 Å². The summed E-state index contributed by atoms with van der Waals surface area (Å²) in [7, 11) is 0. The molecule has 0 spiro atoms. The first-order chi connectivity index (χ1) is 13.8. The zero-order valence-electron chi connectivity index (χ0n) is 16.6. The zero-order valence-corrected chi connectivity index (χ0v) is 16.6. The Morgan fingerprint density at radius 1 is 1.00 bits per heavy atom. The number of hydrogen-bond acceptors (Lipinski definition) is 3. The Balaban J connectivity index is 1.46. The molecule has 0 aromatic heterocycles. The molecule has 1 saturated heterocycles. The predicted molar refractivity (Wildman–Crippen MR) is 109 cm³/mol. The van der Waals surface area contributed by atoms with Crippen LogP contribution in [0.15, 0.2) is 36.4 Å². The van der Waals surface area contributed by atoms with Gasteiger partial charge in [-0.05, 0) is 63.5 Å². The first kappa shape index (κ1) is 20.9. The molecule has 0 atom stereocenters. The van der Waals surface area contributed by atoms with E-state index in [1.54, 1.807) is 0 Å². The van der Waals surface area contributed by atoms with Crippen LogP contribution in [-0.4, -0.2) is 36.3 Å². The largest absolute Gasteiger partial charge is 0.326 e. The van der Waals surface area contributed by atoms with Crippen LogP contribution in [0.2, 0.25) is 0 Å². The molecule has 2 N–H and O–H groups in total. The van der Waals surface area contributed by atoms with Gasteiger partial charge in [0.25, 0.3) is 0 Å². The van der Waals surface area contributed by atoms with E-state index in [1.807, 2.05) is 36.9 Å². The van der Waals surface area contributed by atoms with Gasteiger partial charge in [0.2, 0.25) is 11.8 Å². The second kappa shape index (κ2) is 9.13. The molecule has 154 valence electrons. The average Bonchev–Trinajstić information content (AvgIpc) is 2.67. The standard InChI is InChI=1S/C22H25F2N3O2/c1-14-3-6-20(15(2)11-14)26-21(28)13-27-9-7-16(8-10-27)22(29)25-17-4-5-18(23)19(24)12-17/h3-6,11-12,16H,7-10,13H2,1-2H3,(H,25,29)(H,26,28). The first-order valence-corrected chi connectivity index (χ1v) is 9.67. The van der Waals surface area contributed by atoms with Crippen LogP contribution in [0.3, 0.4) is 0 Å². The van der Waals surface area contributed by atoms with Crippen molar-refractivity contribution in [2.75, 3.05) is 30.3 Å². The summed E-state index contributed by atoms with van der Waals surface area (Å²) in [5.74, 6) is -2.46. The topological polar surface area (TPSA) is 61.4 Å². The van der Waals surface area contributed by atoms with E-state index >= 15 is 0 Å². The smallest absolute Gasteiger partial charge is 0.238 e. The van der Waals surface area contributed by atoms with Gasteiger partial charge in [-0.3, -0.25) is 14.5 Å². The number of rotatable bonds is 5. The van der Waals surface area contributed by atoms with Crippen molar-refractivity contribution < 1.29 is 18.4 Å². The van der Waals surface area contributed by atoms with Gasteiger partial charge in [-0.15, -0.1) is 0 Å². The van der Waals surface area contributed by atoms with Crippen molar-refractivity contribution in [3.05, 3.63) is 59.2 Å². The minimum Gasteiger partial charge on any atom is -0.326 e. The summed E-state index contributed by atoms with van der Waals surface area (Å²) >= 11 is 0. The lowest BCUT2D eigenvalue weighted by atomic mass is 9.95. The Labute approximate surface area is 169 Å². The fourth-order valence-corrected chi connectivity index (χ4v) is 3.52. The maximum atomic E-state index is 13.3. The molecule has 5 nitrogen and oxygen atoms in total. The molecule has 2 aromatic carbocycles. The van der Waals surface area contributed by atoms with E-state index in [1.165, 1.54) is 6.07 Å². The molecule has 2 amide bonds. The van der Waals surface area contributed by atoms with E-state index < -0.39 is 11.6 Å². The molecule has 1 aliphatic heterocycles. The second-order valence-electron chi connectivity index (χ2n) is 7.54. The van der Waals surface area contributed by atoms with Gasteiger partial charge in [-0.1, -0.05) is 17.7 Å². The van der Waals surface area contributed by atoms with E-state index in [9.17, 15) is 18.4 Å². The van der Waals surface area contributed by atoms with Gasteiger partial charge in [0.1, 0.15) is 0 Å². The highest BCUT2D eigenvalue weighted by molar-refractivity contribution is 5.93. The average molecular weight is 401 g/mol. The summed E-state index contributed by atoms with van der Waals surface area (Å²) in [6.07, 6.45) is 1.21. The molecule has 3 rings (SSSR count). The Morgan fingerprint density at radius 3 is 2.38 bits per heavy atom. The third kappa shape index (κ3) is 5.60. The molecule has 0 aliphatic carbocycles. The highest BCUT2D eigenvalue weighted by Crippen LogP contribution is 2.21. The van der Waals surface area contributed by atoms with Crippen molar-refractivity contribution in [1.29, 1.82) is 0 Å². The van der Waals surface area contributed by atoms with Crippen molar-refractivity contribution >= 4 is 23.2 Å². The number of aryl methyl sites for hydroxylation is 2. The van der Waals surface area contributed by atoms with Gasteiger partial charge < -0.3 is 10.6 Å². The lowest BCUT2D eigenvalue weighted by Gasteiger charge is -2.30. The molecule has 2 aromatic rings. The summed E-state index contributed by atoms with van der Waals surface area (Å²) < 4.78 is 26.3. The monoisotopic (exact) mass is 401 g/mol. The number of hydrogen-bond donors (Lipinski definition) is 2. The zero-order chi connectivity index (χ0) is 21.0. The molecule has 0 saturated carbocycles. The number of nitrogens with zero attached hydrogens (tertiary/aromatic N) is 1. The number of nitrogens with one attached hydrogen (secondary N) is 2. The van der Waals surface area contributed by atoms with Gasteiger partial charge in [0, 0.05) is 23.4 Å². The van der Waals surface area contributed by atoms with E-state index in [-0.39, 0.29) is 30.0 Å². The number of likely N-dealkylation sites (tertiary alicyclic amines) is 1. The fraction of sp³-hybridized carbons (Fsp3) is 0.364. The van der Waals surface area contributed by atoms with Gasteiger partial charge in [-0.2, -0.15) is 0 Å². The van der Waals surface area contributed by atoms with Crippen LogP contribution < -0.4 is 10.6 Å². The van der Waals surface area contributed by atoms with Crippen LogP contribution in [0.5, 0.6) is 0 Å². The predicted octanol–water partition coefficient (Wildman–Crippen LogP) is 3.87. The molecule has 1 heterocycles. The SMILES string of the molecule is Cc1ccc(NC(=O)CN2CCC(C(=O)Nc3ccc(F)c(F)c3)CC2)c(C)c1. The number of piperidine rings is 1. The fourth-order valence-electron chi connectivity index (χ4n) is 3.52. The van der Waals surface area contributed by atoms with Crippen LogP contribution in [0.4, 0.5) is 20.2 Å². The lowest BCUT2D eigenvalue weighted by Crippen LogP contribution is -2.41. The Bertz CT molecular complexity index is 909. The summed E-state index contributed by atoms with van der Waals surface area (Å²) in [4.78, 5) is 26.7. The lowest BCUT2D eigenvalue weighted by molar-refractivity contribution is -0.121. The summed E-state index contributed by atoms with van der Waals surface area (Å²) in [6, 6.07) is 9.17. The maximum Gasteiger partial charge on any atom is 0.238 e. The van der Waals surface area contributed by atoms with E-state index in [4.69, 9.17) is 0 Å². The Morgan fingerprint density at radius 2 is 1.72 bits per heavy atom. The number of carbonyl (C=O) groups is 2. The molecular formula is C22H25F2N3O2. The summed E-state index contributed by atoms with van der Waals surface area (Å²) in [6.45, 7) is 5.47. The normalized spacial score (nSPS) is 15.2. The minimum atomic E-state index is -0.993. The second-order valence-corrected chi connectivity index (χ2v) is 7.54. The maximum absolute atomic E-state index is 13.3. The summed E-state index contributed by atoms with van der Waals surface area (Å²) in [5, 5.41) is 5.57. The number of anilines is 2. The number of halogens is 2. The van der Waals surface area contributed by atoms with Crippen molar-refractivity contribution in [2.24, 2.45) is 5.92 Å². The molecule has 0 unspecified atom stereocenters. The third-order valence-corrected chi connectivity index (χ3v) is 5.17. The quantitative estimate of drug-likeness (QED) is 0.800. The van der Waals surface area contributed by atoms with Crippen LogP contribution in [0, 0.1) is 31.4 Å². The minimum absolute atomic E-state index is 0.0818. The van der Waals surface area contributed by atoms with Gasteiger partial charge in [-0.25, -0.2) is 8.78 Å². The number of benzene rings is 2. The molecular weight excluding hydrogens is 376 g/mol. The van der Waals surface area contributed by atoms with Gasteiger partial charge in [0.05, 0.1) is 6.54 Å². The molecule has 0 bridgehead atoms. The molecule has 0 radical (unpaired) electrons. The van der Waals surface area contributed by atoms with Crippen molar-refractivity contribution in [3.63, 3.8) is 0 Å². The molecule has 1 aliphatic rings. The highest BCUT2D eigenvalue weighted by Gasteiger charge is 2.26. The Kier molecular flexibility index (Phi) is 6.59. The van der Waals surface area contributed by atoms with Crippen molar-refractivity contribution in [3.8, 4) is 0 Å². The van der Waals surface area contributed by atoms with Crippen LogP contribution in [-0.2, 0) is 9.59 Å². The Hall–Kier alpha value is -2.80. The van der Waals surface area contributed by atoms with Crippen molar-refractivity contribution in [1.82, 2.24) is 4.90 Å². The van der Waals surface area contributed by atoms with E-state index in [0.29, 0.717) is 25.9 Å². The van der Waals surface area contributed by atoms with E-state index in [2.05, 4.69) is 10.6 Å². The first-order valence-electron chi connectivity index (χ1n) is 9.67.